The average molecular weight is 225 g/mol. The lowest BCUT2D eigenvalue weighted by Gasteiger charge is -2.10. The predicted octanol–water partition coefficient (Wildman–Crippen LogP) is 2.93. The van der Waals surface area contributed by atoms with Crippen molar-refractivity contribution in [3.05, 3.63) is 29.1 Å². The van der Waals surface area contributed by atoms with E-state index < -0.39 is 0 Å². The van der Waals surface area contributed by atoms with Crippen LogP contribution in [0.2, 0.25) is 5.02 Å². The summed E-state index contributed by atoms with van der Waals surface area (Å²) in [6, 6.07) is 5.42. The van der Waals surface area contributed by atoms with Crippen LogP contribution in [0.5, 0.6) is 0 Å². The highest BCUT2D eigenvalue weighted by Crippen LogP contribution is 2.24. The molecule has 1 heterocycles. The van der Waals surface area contributed by atoms with Gasteiger partial charge < -0.3 is 10.2 Å². The van der Waals surface area contributed by atoms with Crippen molar-refractivity contribution in [2.75, 3.05) is 0 Å². The SMILES string of the molecule is CC(N)C(C)c1nc2cc(Cl)ccc2o1. The number of oxazole rings is 1. The Labute approximate surface area is 93.2 Å². The second kappa shape index (κ2) is 3.83. The van der Waals surface area contributed by atoms with Gasteiger partial charge in [-0.1, -0.05) is 18.5 Å². The van der Waals surface area contributed by atoms with Crippen molar-refractivity contribution in [3.8, 4) is 0 Å². The van der Waals surface area contributed by atoms with Gasteiger partial charge in [-0.2, -0.15) is 0 Å². The lowest BCUT2D eigenvalue weighted by molar-refractivity contribution is 0.451. The van der Waals surface area contributed by atoms with E-state index in [0.717, 1.165) is 11.1 Å². The zero-order valence-electron chi connectivity index (χ0n) is 8.70. The molecule has 4 heteroatoms. The molecule has 0 aliphatic rings. The van der Waals surface area contributed by atoms with Crippen molar-refractivity contribution in [1.29, 1.82) is 0 Å². The molecule has 0 bridgehead atoms. The van der Waals surface area contributed by atoms with Crippen LogP contribution in [0.25, 0.3) is 11.1 Å². The molecule has 2 rings (SSSR count). The molecule has 3 nitrogen and oxygen atoms in total. The summed E-state index contributed by atoms with van der Waals surface area (Å²) in [7, 11) is 0. The molecular weight excluding hydrogens is 212 g/mol. The molecule has 0 aliphatic heterocycles. The molecule has 15 heavy (non-hydrogen) atoms. The lowest BCUT2D eigenvalue weighted by atomic mass is 10.1. The highest BCUT2D eigenvalue weighted by molar-refractivity contribution is 6.31. The molecule has 1 aromatic carbocycles. The Morgan fingerprint density at radius 3 is 2.80 bits per heavy atom. The van der Waals surface area contributed by atoms with Gasteiger partial charge in [0.2, 0.25) is 0 Å². The van der Waals surface area contributed by atoms with E-state index in [4.69, 9.17) is 21.8 Å². The molecule has 0 amide bonds. The maximum atomic E-state index is 5.86. The predicted molar refractivity (Wildman–Crippen MR) is 61.1 cm³/mol. The number of halogens is 1. The van der Waals surface area contributed by atoms with Crippen molar-refractivity contribution >= 4 is 22.7 Å². The molecule has 0 fully saturated rings. The molecule has 2 N–H and O–H groups in total. The summed E-state index contributed by atoms with van der Waals surface area (Å²) >= 11 is 5.86. The molecule has 1 aromatic heterocycles. The normalized spacial score (nSPS) is 15.5. The van der Waals surface area contributed by atoms with Gasteiger partial charge in [-0.3, -0.25) is 0 Å². The number of hydrogen-bond donors (Lipinski definition) is 1. The first-order chi connectivity index (χ1) is 7.08. The van der Waals surface area contributed by atoms with Crippen molar-refractivity contribution in [2.24, 2.45) is 5.73 Å². The first kappa shape index (κ1) is 10.5. The fourth-order valence-electron chi connectivity index (χ4n) is 1.34. The van der Waals surface area contributed by atoms with Crippen LogP contribution in [0.1, 0.15) is 25.7 Å². The molecular formula is C11H13ClN2O. The summed E-state index contributed by atoms with van der Waals surface area (Å²) in [5.41, 5.74) is 7.33. The topological polar surface area (TPSA) is 52.0 Å². The van der Waals surface area contributed by atoms with E-state index in [2.05, 4.69) is 4.98 Å². The molecule has 80 valence electrons. The first-order valence-electron chi connectivity index (χ1n) is 4.89. The van der Waals surface area contributed by atoms with Crippen LogP contribution in [-0.2, 0) is 0 Å². The number of aromatic nitrogens is 1. The number of hydrogen-bond acceptors (Lipinski definition) is 3. The minimum atomic E-state index is 0.0218. The van der Waals surface area contributed by atoms with Crippen LogP contribution >= 0.6 is 11.6 Å². The van der Waals surface area contributed by atoms with Crippen LogP contribution in [0.4, 0.5) is 0 Å². The Kier molecular flexibility index (Phi) is 2.67. The van der Waals surface area contributed by atoms with E-state index in [1.54, 1.807) is 12.1 Å². The average Bonchev–Trinajstić information content (AvgIpc) is 2.58. The van der Waals surface area contributed by atoms with Gasteiger partial charge in [-0.15, -0.1) is 0 Å². The van der Waals surface area contributed by atoms with E-state index in [1.807, 2.05) is 19.9 Å². The molecule has 0 spiro atoms. The molecule has 2 aromatic rings. The molecule has 0 saturated heterocycles. The maximum Gasteiger partial charge on any atom is 0.199 e. The summed E-state index contributed by atoms with van der Waals surface area (Å²) in [6.07, 6.45) is 0. The summed E-state index contributed by atoms with van der Waals surface area (Å²) in [5, 5.41) is 0.663. The smallest absolute Gasteiger partial charge is 0.199 e. The third kappa shape index (κ3) is 1.98. The number of nitrogens with two attached hydrogens (primary N) is 1. The fraction of sp³-hybridized carbons (Fsp3) is 0.364. The highest BCUT2D eigenvalue weighted by atomic mass is 35.5. The van der Waals surface area contributed by atoms with Crippen LogP contribution in [0.15, 0.2) is 22.6 Å². The second-order valence-corrected chi connectivity index (χ2v) is 4.25. The van der Waals surface area contributed by atoms with Crippen molar-refractivity contribution < 1.29 is 4.42 Å². The van der Waals surface area contributed by atoms with Crippen LogP contribution in [-0.4, -0.2) is 11.0 Å². The second-order valence-electron chi connectivity index (χ2n) is 3.81. The van der Waals surface area contributed by atoms with Gasteiger partial charge in [0.05, 0.1) is 0 Å². The summed E-state index contributed by atoms with van der Waals surface area (Å²) in [6.45, 7) is 3.93. The van der Waals surface area contributed by atoms with E-state index in [9.17, 15) is 0 Å². The summed E-state index contributed by atoms with van der Waals surface area (Å²) in [4.78, 5) is 4.36. The van der Waals surface area contributed by atoms with Gasteiger partial charge in [-0.05, 0) is 25.1 Å². The Morgan fingerprint density at radius 2 is 2.13 bits per heavy atom. The van der Waals surface area contributed by atoms with E-state index in [1.165, 1.54) is 0 Å². The van der Waals surface area contributed by atoms with Crippen LogP contribution in [0.3, 0.4) is 0 Å². The number of fused-ring (bicyclic) bond motifs is 1. The fourth-order valence-corrected chi connectivity index (χ4v) is 1.50. The first-order valence-corrected chi connectivity index (χ1v) is 5.27. The maximum absolute atomic E-state index is 5.86. The zero-order chi connectivity index (χ0) is 11.0. The van der Waals surface area contributed by atoms with E-state index in [-0.39, 0.29) is 12.0 Å². The number of rotatable bonds is 2. The zero-order valence-corrected chi connectivity index (χ0v) is 9.45. The molecule has 2 unspecified atom stereocenters. The minimum Gasteiger partial charge on any atom is -0.440 e. The van der Waals surface area contributed by atoms with Crippen LogP contribution in [0, 0.1) is 0 Å². The number of benzene rings is 1. The summed E-state index contributed by atoms with van der Waals surface area (Å²) < 4.78 is 5.60. The molecule has 0 radical (unpaired) electrons. The molecule has 2 atom stereocenters. The minimum absolute atomic E-state index is 0.0218. The van der Waals surface area contributed by atoms with Gasteiger partial charge in [0.25, 0.3) is 0 Å². The Balaban J connectivity index is 2.47. The molecule has 0 aliphatic carbocycles. The quantitative estimate of drug-likeness (QED) is 0.854. The Bertz CT molecular complexity index is 478. The largest absolute Gasteiger partial charge is 0.440 e. The Hall–Kier alpha value is -1.06. The van der Waals surface area contributed by atoms with E-state index in [0.29, 0.717) is 10.9 Å². The molecule has 0 saturated carbocycles. The third-order valence-electron chi connectivity index (χ3n) is 2.54. The lowest BCUT2D eigenvalue weighted by Crippen LogP contribution is -2.22. The van der Waals surface area contributed by atoms with E-state index >= 15 is 0 Å². The monoisotopic (exact) mass is 224 g/mol. The number of nitrogens with zero attached hydrogens (tertiary/aromatic N) is 1. The van der Waals surface area contributed by atoms with Crippen molar-refractivity contribution in [1.82, 2.24) is 4.98 Å². The Morgan fingerprint density at radius 1 is 1.40 bits per heavy atom. The third-order valence-corrected chi connectivity index (χ3v) is 2.78. The van der Waals surface area contributed by atoms with Gasteiger partial charge in [0.1, 0.15) is 5.52 Å². The van der Waals surface area contributed by atoms with Gasteiger partial charge in [0.15, 0.2) is 11.5 Å². The van der Waals surface area contributed by atoms with Crippen LogP contribution < -0.4 is 5.73 Å². The van der Waals surface area contributed by atoms with Crippen molar-refractivity contribution in [2.45, 2.75) is 25.8 Å². The van der Waals surface area contributed by atoms with Gasteiger partial charge in [-0.25, -0.2) is 4.98 Å². The van der Waals surface area contributed by atoms with Gasteiger partial charge in [0, 0.05) is 17.0 Å². The highest BCUT2D eigenvalue weighted by Gasteiger charge is 2.16. The van der Waals surface area contributed by atoms with Gasteiger partial charge >= 0.3 is 0 Å². The van der Waals surface area contributed by atoms with Crippen molar-refractivity contribution in [3.63, 3.8) is 0 Å². The summed E-state index contributed by atoms with van der Waals surface area (Å²) in [5.74, 6) is 0.776. The standard InChI is InChI=1S/C11H13ClN2O/c1-6(7(2)13)11-14-9-5-8(12)3-4-10(9)15-11/h3-7H,13H2,1-2H3.